The summed E-state index contributed by atoms with van der Waals surface area (Å²) in [4.78, 5) is 23.0. The SMILES string of the molecule is CCN1CCN(c2ccc(NC(=O)c3cc(C4CC4)nc4c3cnn4C(C)C)cc2)CC1. The predicted molar refractivity (Wildman–Crippen MR) is 129 cm³/mol. The smallest absolute Gasteiger partial charge is 0.256 e. The topological polar surface area (TPSA) is 66.3 Å². The van der Waals surface area contributed by atoms with Gasteiger partial charge in [0.05, 0.1) is 17.1 Å². The quantitative estimate of drug-likeness (QED) is 0.630. The van der Waals surface area contributed by atoms with Crippen LogP contribution in [0.3, 0.4) is 0 Å². The van der Waals surface area contributed by atoms with Crippen LogP contribution in [0.4, 0.5) is 11.4 Å². The lowest BCUT2D eigenvalue weighted by molar-refractivity contribution is 0.102. The van der Waals surface area contributed by atoms with Gasteiger partial charge in [0, 0.05) is 55.2 Å². The highest BCUT2D eigenvalue weighted by Gasteiger charge is 2.28. The maximum absolute atomic E-state index is 13.3. The standard InChI is InChI=1S/C25H32N6O/c1-4-29-11-13-30(14-12-29)20-9-7-19(8-10-20)27-25(32)21-15-23(18-5-6-18)28-24-22(21)16-26-31(24)17(2)3/h7-10,15-18H,4-6,11-14H2,1-3H3,(H,27,32). The Hall–Kier alpha value is -2.93. The predicted octanol–water partition coefficient (Wildman–Crippen LogP) is 4.28. The van der Waals surface area contributed by atoms with Crippen LogP contribution in [0, 0.1) is 0 Å². The number of carbonyl (C=O) groups is 1. The average molecular weight is 433 g/mol. The third kappa shape index (κ3) is 4.09. The van der Waals surface area contributed by atoms with Crippen molar-refractivity contribution in [2.45, 2.75) is 45.6 Å². The second-order valence-electron chi connectivity index (χ2n) is 9.21. The van der Waals surface area contributed by atoms with Gasteiger partial charge in [0.15, 0.2) is 5.65 Å². The fraction of sp³-hybridized carbons (Fsp3) is 0.480. The van der Waals surface area contributed by atoms with Crippen molar-refractivity contribution in [3.05, 3.63) is 47.8 Å². The molecular weight excluding hydrogens is 400 g/mol. The lowest BCUT2D eigenvalue weighted by Crippen LogP contribution is -2.46. The number of nitrogens with zero attached hydrogens (tertiary/aromatic N) is 5. The molecule has 2 aromatic heterocycles. The number of aromatic nitrogens is 3. The van der Waals surface area contributed by atoms with E-state index in [1.807, 2.05) is 22.9 Å². The van der Waals surface area contributed by atoms with Crippen LogP contribution in [0.15, 0.2) is 36.5 Å². The van der Waals surface area contributed by atoms with Gasteiger partial charge in [0.25, 0.3) is 5.91 Å². The zero-order chi connectivity index (χ0) is 22.2. The minimum atomic E-state index is -0.105. The van der Waals surface area contributed by atoms with E-state index in [0.29, 0.717) is 11.5 Å². The largest absolute Gasteiger partial charge is 0.369 e. The molecule has 0 bridgehead atoms. The fourth-order valence-corrected chi connectivity index (χ4v) is 4.47. The van der Waals surface area contributed by atoms with Gasteiger partial charge >= 0.3 is 0 Å². The summed E-state index contributed by atoms with van der Waals surface area (Å²) in [5.41, 5.74) is 4.48. The molecule has 3 aromatic rings. The number of carbonyl (C=O) groups excluding carboxylic acids is 1. The third-order valence-electron chi connectivity index (χ3n) is 6.63. The van der Waals surface area contributed by atoms with E-state index in [-0.39, 0.29) is 11.9 Å². The number of likely N-dealkylation sites (N-methyl/N-ethyl adjacent to an activating group) is 1. The molecule has 7 heteroatoms. The monoisotopic (exact) mass is 432 g/mol. The summed E-state index contributed by atoms with van der Waals surface area (Å²) in [7, 11) is 0. The highest BCUT2D eigenvalue weighted by molar-refractivity contribution is 6.12. The maximum Gasteiger partial charge on any atom is 0.256 e. The van der Waals surface area contributed by atoms with Crippen LogP contribution < -0.4 is 10.2 Å². The van der Waals surface area contributed by atoms with Crippen molar-refractivity contribution in [1.29, 1.82) is 0 Å². The number of piperazine rings is 1. The molecule has 0 spiro atoms. The molecule has 0 atom stereocenters. The van der Waals surface area contributed by atoms with E-state index in [4.69, 9.17) is 4.98 Å². The summed E-state index contributed by atoms with van der Waals surface area (Å²) < 4.78 is 1.91. The minimum Gasteiger partial charge on any atom is -0.369 e. The van der Waals surface area contributed by atoms with Gasteiger partial charge in [-0.05, 0) is 63.6 Å². The number of amides is 1. The first-order valence-electron chi connectivity index (χ1n) is 11.8. The molecule has 0 radical (unpaired) electrons. The van der Waals surface area contributed by atoms with Gasteiger partial charge in [0.1, 0.15) is 0 Å². The summed E-state index contributed by atoms with van der Waals surface area (Å²) in [6.07, 6.45) is 4.06. The van der Waals surface area contributed by atoms with Gasteiger partial charge in [-0.3, -0.25) is 4.79 Å². The molecule has 1 saturated carbocycles. The Balaban J connectivity index is 1.36. The van der Waals surface area contributed by atoms with E-state index < -0.39 is 0 Å². The van der Waals surface area contributed by atoms with E-state index in [0.717, 1.165) is 68.0 Å². The van der Waals surface area contributed by atoms with Gasteiger partial charge < -0.3 is 15.1 Å². The Morgan fingerprint density at radius 1 is 1.12 bits per heavy atom. The first kappa shape index (κ1) is 20.9. The van der Waals surface area contributed by atoms with Crippen molar-refractivity contribution in [1.82, 2.24) is 19.7 Å². The van der Waals surface area contributed by atoms with Gasteiger partial charge in [-0.2, -0.15) is 5.10 Å². The Morgan fingerprint density at radius 2 is 1.84 bits per heavy atom. The molecule has 3 heterocycles. The zero-order valence-electron chi connectivity index (χ0n) is 19.2. The molecular formula is C25H32N6O. The van der Waals surface area contributed by atoms with E-state index in [2.05, 4.69) is 53.1 Å². The van der Waals surface area contributed by atoms with Crippen molar-refractivity contribution in [3.8, 4) is 0 Å². The molecule has 1 aliphatic carbocycles. The highest BCUT2D eigenvalue weighted by Crippen LogP contribution is 2.40. The van der Waals surface area contributed by atoms with Crippen molar-refractivity contribution in [2.75, 3.05) is 42.9 Å². The number of benzene rings is 1. The Bertz CT molecular complexity index is 1110. The lowest BCUT2D eigenvalue weighted by Gasteiger charge is -2.35. The minimum absolute atomic E-state index is 0.105. The van der Waals surface area contributed by atoms with E-state index in [9.17, 15) is 4.79 Å². The molecule has 1 aromatic carbocycles. The van der Waals surface area contributed by atoms with Crippen LogP contribution in [-0.2, 0) is 0 Å². The van der Waals surface area contributed by atoms with Crippen LogP contribution in [0.5, 0.6) is 0 Å². The van der Waals surface area contributed by atoms with Crippen LogP contribution in [0.2, 0.25) is 0 Å². The second-order valence-corrected chi connectivity index (χ2v) is 9.21. The van der Waals surface area contributed by atoms with Crippen molar-refractivity contribution < 1.29 is 4.79 Å². The normalized spacial score (nSPS) is 17.3. The molecule has 0 unspecified atom stereocenters. The van der Waals surface area contributed by atoms with Crippen molar-refractivity contribution in [2.24, 2.45) is 0 Å². The number of hydrogen-bond acceptors (Lipinski definition) is 5. The number of rotatable bonds is 6. The van der Waals surface area contributed by atoms with Crippen molar-refractivity contribution >= 4 is 28.3 Å². The van der Waals surface area contributed by atoms with Gasteiger partial charge in [-0.25, -0.2) is 9.67 Å². The molecule has 2 fully saturated rings. The van der Waals surface area contributed by atoms with Crippen LogP contribution in [-0.4, -0.2) is 58.3 Å². The number of nitrogens with one attached hydrogen (secondary N) is 1. The molecule has 5 rings (SSSR count). The Morgan fingerprint density at radius 3 is 2.47 bits per heavy atom. The molecule has 1 amide bonds. The van der Waals surface area contributed by atoms with Gasteiger partial charge in [-0.15, -0.1) is 0 Å². The Kier molecular flexibility index (Phi) is 5.59. The Labute approximate surface area is 189 Å². The third-order valence-corrected chi connectivity index (χ3v) is 6.63. The molecule has 1 aliphatic heterocycles. The molecule has 1 saturated heterocycles. The molecule has 32 heavy (non-hydrogen) atoms. The first-order chi connectivity index (χ1) is 15.5. The molecule has 1 N–H and O–H groups in total. The number of pyridine rings is 1. The second kappa shape index (κ2) is 8.54. The van der Waals surface area contributed by atoms with Crippen molar-refractivity contribution in [3.63, 3.8) is 0 Å². The zero-order valence-corrected chi connectivity index (χ0v) is 19.2. The molecule has 7 nitrogen and oxygen atoms in total. The number of fused-ring (bicyclic) bond motifs is 1. The highest BCUT2D eigenvalue weighted by atomic mass is 16.1. The van der Waals surface area contributed by atoms with E-state index >= 15 is 0 Å². The lowest BCUT2D eigenvalue weighted by atomic mass is 10.1. The number of anilines is 2. The summed E-state index contributed by atoms with van der Waals surface area (Å²) >= 11 is 0. The average Bonchev–Trinajstić information content (AvgIpc) is 3.57. The van der Waals surface area contributed by atoms with Gasteiger partial charge in [-0.1, -0.05) is 6.92 Å². The van der Waals surface area contributed by atoms with Crippen LogP contribution in [0.1, 0.15) is 61.6 Å². The summed E-state index contributed by atoms with van der Waals surface area (Å²) in [5, 5.41) is 8.41. The van der Waals surface area contributed by atoms with E-state index in [1.54, 1.807) is 6.20 Å². The molecule has 2 aliphatic rings. The summed E-state index contributed by atoms with van der Waals surface area (Å²) in [5.74, 6) is 0.362. The van der Waals surface area contributed by atoms with Gasteiger partial charge in [0.2, 0.25) is 0 Å². The van der Waals surface area contributed by atoms with Crippen LogP contribution in [0.25, 0.3) is 11.0 Å². The first-order valence-corrected chi connectivity index (χ1v) is 11.8. The maximum atomic E-state index is 13.3. The number of hydrogen-bond donors (Lipinski definition) is 1. The fourth-order valence-electron chi connectivity index (χ4n) is 4.47. The molecule has 168 valence electrons. The van der Waals surface area contributed by atoms with Crippen LogP contribution >= 0.6 is 0 Å². The summed E-state index contributed by atoms with van der Waals surface area (Å²) in [6.45, 7) is 11.8. The summed E-state index contributed by atoms with van der Waals surface area (Å²) in [6, 6.07) is 10.4. The van der Waals surface area contributed by atoms with E-state index in [1.165, 1.54) is 5.69 Å².